The van der Waals surface area contributed by atoms with Gasteiger partial charge in [-0.25, -0.2) is 0 Å². The highest BCUT2D eigenvalue weighted by Crippen LogP contribution is 2.36. The van der Waals surface area contributed by atoms with Crippen molar-refractivity contribution in [2.75, 3.05) is 10.6 Å². The molecule has 0 spiro atoms. The lowest BCUT2D eigenvalue weighted by Gasteiger charge is -2.13. The zero-order chi connectivity index (χ0) is 19.3. The molecule has 0 aliphatic heterocycles. The zero-order valence-electron chi connectivity index (χ0n) is 12.9. The highest BCUT2D eigenvalue weighted by molar-refractivity contribution is 6.30. The van der Waals surface area contributed by atoms with E-state index < -0.39 is 23.2 Å². The first kappa shape index (κ1) is 19.1. The summed E-state index contributed by atoms with van der Waals surface area (Å²) in [7, 11) is 0. The molecule has 9 heteroatoms. The Bertz CT molecular complexity index is 905. The third-order valence-corrected chi connectivity index (χ3v) is 3.41. The lowest BCUT2D eigenvalue weighted by atomic mass is 10.1. The normalized spacial score (nSPS) is 11.6. The maximum atomic E-state index is 13.0. The van der Waals surface area contributed by atoms with Crippen molar-refractivity contribution in [1.29, 1.82) is 5.26 Å². The Kier molecular flexibility index (Phi) is 5.75. The van der Waals surface area contributed by atoms with Gasteiger partial charge in [-0.2, -0.15) is 18.4 Å². The molecule has 0 unspecified atom stereocenters. The fourth-order valence-electron chi connectivity index (χ4n) is 1.94. The van der Waals surface area contributed by atoms with Crippen molar-refractivity contribution >= 4 is 28.9 Å². The van der Waals surface area contributed by atoms with Gasteiger partial charge in [-0.1, -0.05) is 23.7 Å². The van der Waals surface area contributed by atoms with Gasteiger partial charge in [0.1, 0.15) is 17.4 Å². The van der Waals surface area contributed by atoms with E-state index in [-0.39, 0.29) is 22.1 Å². The number of rotatable bonds is 4. The number of anilines is 2. The fraction of sp³-hybridized carbons (Fsp3) is 0.0588. The molecule has 134 valence electrons. The van der Waals surface area contributed by atoms with Crippen LogP contribution in [0.15, 0.2) is 54.2 Å². The summed E-state index contributed by atoms with van der Waals surface area (Å²) in [4.78, 5) is 12.1. The van der Waals surface area contributed by atoms with Crippen molar-refractivity contribution in [3.8, 4) is 11.8 Å². The van der Waals surface area contributed by atoms with Crippen LogP contribution in [-0.2, 0) is 11.0 Å². The van der Waals surface area contributed by atoms with Crippen LogP contribution in [0.5, 0.6) is 5.75 Å². The van der Waals surface area contributed by atoms with Crippen LogP contribution in [0.25, 0.3) is 0 Å². The summed E-state index contributed by atoms with van der Waals surface area (Å²) in [5, 5.41) is 23.1. The van der Waals surface area contributed by atoms with Gasteiger partial charge in [0.15, 0.2) is 0 Å². The van der Waals surface area contributed by atoms with E-state index in [4.69, 9.17) is 16.9 Å². The largest absolute Gasteiger partial charge is 0.506 e. The van der Waals surface area contributed by atoms with Gasteiger partial charge in [0.05, 0.1) is 16.9 Å². The molecule has 0 atom stereocenters. The Balaban J connectivity index is 2.24. The number of nitriles is 1. The highest BCUT2D eigenvalue weighted by Gasteiger charge is 2.33. The van der Waals surface area contributed by atoms with E-state index in [0.717, 1.165) is 18.3 Å². The molecule has 0 aliphatic rings. The molecule has 26 heavy (non-hydrogen) atoms. The Morgan fingerprint density at radius 2 is 1.88 bits per heavy atom. The predicted octanol–water partition coefficient (Wildman–Crippen LogP) is 4.52. The number of hydrogen-bond donors (Lipinski definition) is 3. The molecule has 0 aliphatic carbocycles. The third kappa shape index (κ3) is 4.68. The molecule has 0 heterocycles. The lowest BCUT2D eigenvalue weighted by molar-refractivity contribution is -0.136. The van der Waals surface area contributed by atoms with Crippen molar-refractivity contribution in [2.45, 2.75) is 6.18 Å². The number of carbonyl (C=O) groups excluding carboxylic acids is 1. The van der Waals surface area contributed by atoms with Crippen LogP contribution in [0.1, 0.15) is 5.56 Å². The maximum absolute atomic E-state index is 13.0. The Morgan fingerprint density at radius 1 is 1.19 bits per heavy atom. The van der Waals surface area contributed by atoms with Gasteiger partial charge in [0.25, 0.3) is 5.91 Å². The molecule has 0 radical (unpaired) electrons. The monoisotopic (exact) mass is 381 g/mol. The van der Waals surface area contributed by atoms with Crippen molar-refractivity contribution in [3.63, 3.8) is 0 Å². The molecule has 0 saturated heterocycles. The summed E-state index contributed by atoms with van der Waals surface area (Å²) < 4.78 is 39.1. The van der Waals surface area contributed by atoms with E-state index in [0.29, 0.717) is 0 Å². The fourth-order valence-corrected chi connectivity index (χ4v) is 2.12. The molecule has 5 nitrogen and oxygen atoms in total. The summed E-state index contributed by atoms with van der Waals surface area (Å²) in [6, 6.07) is 10.4. The number of nitrogens with one attached hydrogen (secondary N) is 2. The molecule has 0 fully saturated rings. The first-order chi connectivity index (χ1) is 12.2. The topological polar surface area (TPSA) is 85.2 Å². The van der Waals surface area contributed by atoms with Crippen LogP contribution in [-0.4, -0.2) is 11.0 Å². The summed E-state index contributed by atoms with van der Waals surface area (Å²) >= 11 is 5.59. The average molecular weight is 382 g/mol. The summed E-state index contributed by atoms with van der Waals surface area (Å²) in [6.45, 7) is 0. The Labute approximate surface area is 151 Å². The number of aromatic hydroxyl groups is 1. The minimum absolute atomic E-state index is 0.0566. The second-order valence-electron chi connectivity index (χ2n) is 4.97. The molecule has 3 N–H and O–H groups in total. The van der Waals surface area contributed by atoms with Crippen LogP contribution in [0.2, 0.25) is 5.02 Å². The Morgan fingerprint density at radius 3 is 2.50 bits per heavy atom. The molecule has 0 bridgehead atoms. The third-order valence-electron chi connectivity index (χ3n) is 3.18. The van der Waals surface area contributed by atoms with E-state index in [1.807, 2.05) is 0 Å². The van der Waals surface area contributed by atoms with Crippen LogP contribution < -0.4 is 10.6 Å². The minimum Gasteiger partial charge on any atom is -0.506 e. The van der Waals surface area contributed by atoms with Crippen LogP contribution >= 0.6 is 11.6 Å². The number of hydrogen-bond acceptors (Lipinski definition) is 4. The van der Waals surface area contributed by atoms with Gasteiger partial charge in [-0.15, -0.1) is 0 Å². The standard InChI is InChI=1S/C17H11ClF3N3O2/c18-11-5-6-13(12(7-11)17(19,20)21)23-9-10(8-22)16(26)24-14-3-1-2-4-15(14)25/h1-7,9,23,25H,(H,24,26)/b10-9-. The van der Waals surface area contributed by atoms with Crippen LogP contribution in [0, 0.1) is 11.3 Å². The molecule has 2 aromatic rings. The summed E-state index contributed by atoms with van der Waals surface area (Å²) in [5.74, 6) is -1.12. The lowest BCUT2D eigenvalue weighted by Crippen LogP contribution is -2.15. The number of alkyl halides is 3. The van der Waals surface area contributed by atoms with Gasteiger partial charge < -0.3 is 15.7 Å². The van der Waals surface area contributed by atoms with Gasteiger partial charge in [-0.05, 0) is 30.3 Å². The number of benzene rings is 2. The van der Waals surface area contributed by atoms with Crippen molar-refractivity contribution in [1.82, 2.24) is 0 Å². The molecule has 1 amide bonds. The Hall–Kier alpha value is -3.18. The molecule has 0 saturated carbocycles. The quantitative estimate of drug-likeness (QED) is 0.413. The second kappa shape index (κ2) is 7.80. The van der Waals surface area contributed by atoms with E-state index >= 15 is 0 Å². The van der Waals surface area contributed by atoms with E-state index in [2.05, 4.69) is 10.6 Å². The number of phenolic OH excluding ortho intramolecular Hbond substituents is 1. The average Bonchev–Trinajstić information content (AvgIpc) is 2.57. The van der Waals surface area contributed by atoms with Crippen molar-refractivity contribution in [3.05, 3.63) is 64.8 Å². The molecular weight excluding hydrogens is 371 g/mol. The minimum atomic E-state index is -4.67. The zero-order valence-corrected chi connectivity index (χ0v) is 13.7. The van der Waals surface area contributed by atoms with E-state index in [1.54, 1.807) is 12.1 Å². The molecule has 2 rings (SSSR count). The number of carbonyl (C=O) groups is 1. The van der Waals surface area contributed by atoms with Gasteiger partial charge in [0.2, 0.25) is 0 Å². The maximum Gasteiger partial charge on any atom is 0.418 e. The molecule has 2 aromatic carbocycles. The number of halogens is 4. The summed E-state index contributed by atoms with van der Waals surface area (Å²) in [6.07, 6.45) is -3.83. The second-order valence-corrected chi connectivity index (χ2v) is 5.41. The van der Waals surface area contributed by atoms with Crippen LogP contribution in [0.3, 0.4) is 0 Å². The van der Waals surface area contributed by atoms with Gasteiger partial charge in [-0.3, -0.25) is 4.79 Å². The van der Waals surface area contributed by atoms with Gasteiger partial charge in [0, 0.05) is 11.2 Å². The number of nitrogens with zero attached hydrogens (tertiary/aromatic N) is 1. The highest BCUT2D eigenvalue weighted by atomic mass is 35.5. The van der Waals surface area contributed by atoms with Gasteiger partial charge >= 0.3 is 6.18 Å². The number of para-hydroxylation sites is 2. The first-order valence-electron chi connectivity index (χ1n) is 7.05. The van der Waals surface area contributed by atoms with Crippen LogP contribution in [0.4, 0.5) is 24.5 Å². The molecular formula is C17H11ClF3N3O2. The molecule has 0 aromatic heterocycles. The van der Waals surface area contributed by atoms with Crippen molar-refractivity contribution in [2.24, 2.45) is 0 Å². The number of phenols is 1. The van der Waals surface area contributed by atoms with E-state index in [1.165, 1.54) is 24.3 Å². The SMILES string of the molecule is N#C/C(=C/Nc1ccc(Cl)cc1C(F)(F)F)C(=O)Nc1ccccc1O. The van der Waals surface area contributed by atoms with E-state index in [9.17, 15) is 23.1 Å². The predicted molar refractivity (Wildman–Crippen MR) is 90.5 cm³/mol. The summed E-state index contributed by atoms with van der Waals surface area (Å²) in [5.41, 5.74) is -1.85. The van der Waals surface area contributed by atoms with Crippen molar-refractivity contribution < 1.29 is 23.1 Å². The smallest absolute Gasteiger partial charge is 0.418 e. The first-order valence-corrected chi connectivity index (χ1v) is 7.43. The number of amides is 1.